The maximum Gasteiger partial charge on any atom is 0.0291 e. The molecule has 2 aromatic rings. The Morgan fingerprint density at radius 3 is 2.33 bits per heavy atom. The first kappa shape index (κ1) is 10.4. The Kier molecular flexibility index (Phi) is 3.22. The number of rotatable bonds is 2. The predicted octanol–water partition coefficient (Wildman–Crippen LogP) is 4.56. The van der Waals surface area contributed by atoms with Crippen LogP contribution in [0.15, 0.2) is 48.5 Å². The SMILES string of the molecule is Cc1cccc(-c2ccccc2)c1CBr. The van der Waals surface area contributed by atoms with Crippen LogP contribution in [0.3, 0.4) is 0 Å². The minimum Gasteiger partial charge on any atom is -0.0876 e. The van der Waals surface area contributed by atoms with Crippen LogP contribution >= 0.6 is 15.9 Å². The van der Waals surface area contributed by atoms with Crippen molar-refractivity contribution in [3.05, 3.63) is 59.7 Å². The lowest BCUT2D eigenvalue weighted by Gasteiger charge is -2.10. The van der Waals surface area contributed by atoms with E-state index in [0.29, 0.717) is 0 Å². The third kappa shape index (κ3) is 2.13. The van der Waals surface area contributed by atoms with E-state index in [4.69, 9.17) is 0 Å². The average molecular weight is 261 g/mol. The molecule has 0 heterocycles. The van der Waals surface area contributed by atoms with Crippen molar-refractivity contribution in [3.8, 4) is 11.1 Å². The van der Waals surface area contributed by atoms with Gasteiger partial charge in [-0.3, -0.25) is 0 Å². The van der Waals surface area contributed by atoms with Gasteiger partial charge in [-0.2, -0.15) is 0 Å². The van der Waals surface area contributed by atoms with Gasteiger partial charge in [0.15, 0.2) is 0 Å². The van der Waals surface area contributed by atoms with Gasteiger partial charge in [-0.25, -0.2) is 0 Å². The molecule has 0 atom stereocenters. The fraction of sp³-hybridized carbons (Fsp3) is 0.143. The van der Waals surface area contributed by atoms with Crippen LogP contribution in [0.2, 0.25) is 0 Å². The highest BCUT2D eigenvalue weighted by molar-refractivity contribution is 9.08. The quantitative estimate of drug-likeness (QED) is 0.695. The molecule has 0 unspecified atom stereocenters. The Bertz CT molecular complexity index is 446. The monoisotopic (exact) mass is 260 g/mol. The first-order valence-electron chi connectivity index (χ1n) is 5.03. The number of benzene rings is 2. The fourth-order valence-electron chi connectivity index (χ4n) is 1.77. The Balaban J connectivity index is 2.58. The third-order valence-corrected chi connectivity index (χ3v) is 3.19. The lowest BCUT2D eigenvalue weighted by atomic mass is 9.97. The van der Waals surface area contributed by atoms with Crippen molar-refractivity contribution in [2.75, 3.05) is 0 Å². The van der Waals surface area contributed by atoms with E-state index in [1.807, 2.05) is 6.07 Å². The van der Waals surface area contributed by atoms with Crippen molar-refractivity contribution in [1.29, 1.82) is 0 Å². The summed E-state index contributed by atoms with van der Waals surface area (Å²) in [5.74, 6) is 0. The molecule has 2 aromatic carbocycles. The van der Waals surface area contributed by atoms with Gasteiger partial charge in [0, 0.05) is 5.33 Å². The van der Waals surface area contributed by atoms with E-state index in [1.165, 1.54) is 22.3 Å². The van der Waals surface area contributed by atoms with Crippen molar-refractivity contribution in [2.24, 2.45) is 0 Å². The second-order valence-corrected chi connectivity index (χ2v) is 4.16. The first-order chi connectivity index (χ1) is 7.33. The molecular weight excluding hydrogens is 248 g/mol. The van der Waals surface area contributed by atoms with E-state index in [0.717, 1.165) is 5.33 Å². The zero-order chi connectivity index (χ0) is 10.7. The molecule has 0 radical (unpaired) electrons. The summed E-state index contributed by atoms with van der Waals surface area (Å²) in [7, 11) is 0. The van der Waals surface area contributed by atoms with Gasteiger partial charge in [0.25, 0.3) is 0 Å². The lowest BCUT2D eigenvalue weighted by Crippen LogP contribution is -1.89. The molecule has 0 spiro atoms. The predicted molar refractivity (Wildman–Crippen MR) is 69.2 cm³/mol. The van der Waals surface area contributed by atoms with Crippen LogP contribution in [0.4, 0.5) is 0 Å². The van der Waals surface area contributed by atoms with Gasteiger partial charge < -0.3 is 0 Å². The first-order valence-corrected chi connectivity index (χ1v) is 6.15. The Labute approximate surface area is 99.1 Å². The highest BCUT2D eigenvalue weighted by Crippen LogP contribution is 2.27. The second-order valence-electron chi connectivity index (χ2n) is 3.60. The Hall–Kier alpha value is -1.08. The van der Waals surface area contributed by atoms with Gasteiger partial charge in [0.1, 0.15) is 0 Å². The Morgan fingerprint density at radius 1 is 0.933 bits per heavy atom. The Morgan fingerprint density at radius 2 is 1.67 bits per heavy atom. The van der Waals surface area contributed by atoms with E-state index in [9.17, 15) is 0 Å². The number of halogens is 1. The molecule has 2 rings (SSSR count). The van der Waals surface area contributed by atoms with Crippen LogP contribution in [-0.2, 0) is 5.33 Å². The minimum absolute atomic E-state index is 0.907. The average Bonchev–Trinajstić information content (AvgIpc) is 2.30. The van der Waals surface area contributed by atoms with Crippen LogP contribution in [0.5, 0.6) is 0 Å². The normalized spacial score (nSPS) is 10.3. The molecule has 0 saturated carbocycles. The van der Waals surface area contributed by atoms with Gasteiger partial charge in [-0.05, 0) is 29.2 Å². The highest BCUT2D eigenvalue weighted by Gasteiger charge is 2.05. The number of alkyl halides is 1. The van der Waals surface area contributed by atoms with Crippen LogP contribution in [0, 0.1) is 6.92 Å². The zero-order valence-electron chi connectivity index (χ0n) is 8.70. The molecule has 0 aromatic heterocycles. The number of hydrogen-bond acceptors (Lipinski definition) is 0. The van der Waals surface area contributed by atoms with Crippen LogP contribution in [-0.4, -0.2) is 0 Å². The number of hydrogen-bond donors (Lipinski definition) is 0. The molecule has 0 amide bonds. The molecule has 0 aliphatic rings. The zero-order valence-corrected chi connectivity index (χ0v) is 10.3. The van der Waals surface area contributed by atoms with Crippen LogP contribution in [0.25, 0.3) is 11.1 Å². The fourth-order valence-corrected chi connectivity index (χ4v) is 2.51. The lowest BCUT2D eigenvalue weighted by molar-refractivity contribution is 1.32. The summed E-state index contributed by atoms with van der Waals surface area (Å²) in [6, 6.07) is 17.0. The van der Waals surface area contributed by atoms with Crippen molar-refractivity contribution in [1.82, 2.24) is 0 Å². The molecule has 0 nitrogen and oxygen atoms in total. The van der Waals surface area contributed by atoms with Crippen molar-refractivity contribution in [2.45, 2.75) is 12.3 Å². The standard InChI is InChI=1S/C14H13Br/c1-11-6-5-9-13(14(11)10-15)12-7-3-2-4-8-12/h2-9H,10H2,1H3. The molecule has 0 saturated heterocycles. The van der Waals surface area contributed by atoms with E-state index in [-0.39, 0.29) is 0 Å². The van der Waals surface area contributed by atoms with Crippen molar-refractivity contribution >= 4 is 15.9 Å². The minimum atomic E-state index is 0.907. The summed E-state index contributed by atoms with van der Waals surface area (Å²) >= 11 is 3.56. The number of aryl methyl sites for hydroxylation is 1. The third-order valence-electron chi connectivity index (χ3n) is 2.63. The van der Waals surface area contributed by atoms with E-state index in [2.05, 4.69) is 65.3 Å². The molecular formula is C14H13Br. The van der Waals surface area contributed by atoms with E-state index < -0.39 is 0 Å². The van der Waals surface area contributed by atoms with Crippen LogP contribution in [0.1, 0.15) is 11.1 Å². The van der Waals surface area contributed by atoms with Crippen molar-refractivity contribution in [3.63, 3.8) is 0 Å². The van der Waals surface area contributed by atoms with Gasteiger partial charge in [0.05, 0.1) is 0 Å². The topological polar surface area (TPSA) is 0 Å². The summed E-state index contributed by atoms with van der Waals surface area (Å²) in [5.41, 5.74) is 5.33. The molecule has 76 valence electrons. The molecule has 1 heteroatoms. The summed E-state index contributed by atoms with van der Waals surface area (Å²) < 4.78 is 0. The van der Waals surface area contributed by atoms with Crippen molar-refractivity contribution < 1.29 is 0 Å². The van der Waals surface area contributed by atoms with Crippen LogP contribution < -0.4 is 0 Å². The smallest absolute Gasteiger partial charge is 0.0291 e. The maximum atomic E-state index is 3.56. The molecule has 15 heavy (non-hydrogen) atoms. The van der Waals surface area contributed by atoms with Gasteiger partial charge in [-0.1, -0.05) is 64.5 Å². The molecule has 0 N–H and O–H groups in total. The molecule has 0 bridgehead atoms. The maximum absolute atomic E-state index is 3.56. The molecule has 0 fully saturated rings. The second kappa shape index (κ2) is 4.63. The summed E-state index contributed by atoms with van der Waals surface area (Å²) in [6.45, 7) is 2.16. The molecule has 0 aliphatic carbocycles. The van der Waals surface area contributed by atoms with Gasteiger partial charge >= 0.3 is 0 Å². The summed E-state index contributed by atoms with van der Waals surface area (Å²) in [6.07, 6.45) is 0. The van der Waals surface area contributed by atoms with E-state index >= 15 is 0 Å². The summed E-state index contributed by atoms with van der Waals surface area (Å²) in [5, 5.41) is 0.907. The molecule has 0 aliphatic heterocycles. The van der Waals surface area contributed by atoms with Gasteiger partial charge in [-0.15, -0.1) is 0 Å². The largest absolute Gasteiger partial charge is 0.0876 e. The highest BCUT2D eigenvalue weighted by atomic mass is 79.9. The van der Waals surface area contributed by atoms with Gasteiger partial charge in [0.2, 0.25) is 0 Å². The van der Waals surface area contributed by atoms with E-state index in [1.54, 1.807) is 0 Å². The summed E-state index contributed by atoms with van der Waals surface area (Å²) in [4.78, 5) is 0.